The van der Waals surface area contributed by atoms with Crippen molar-refractivity contribution in [3.63, 3.8) is 0 Å². The monoisotopic (exact) mass is 144 g/mol. The van der Waals surface area contributed by atoms with Crippen LogP contribution in [0.1, 0.15) is 13.8 Å². The molecule has 0 fully saturated rings. The lowest BCUT2D eigenvalue weighted by Crippen LogP contribution is -2.21. The van der Waals surface area contributed by atoms with Crippen molar-refractivity contribution in [3.8, 4) is 0 Å². The molecule has 0 spiro atoms. The molecule has 0 saturated heterocycles. The summed E-state index contributed by atoms with van der Waals surface area (Å²) in [5.74, 6) is 0.268. The molecule has 0 saturated carbocycles. The van der Waals surface area contributed by atoms with Gasteiger partial charge in [-0.05, 0) is 5.92 Å². The van der Waals surface area contributed by atoms with Gasteiger partial charge in [-0.1, -0.05) is 19.9 Å². The van der Waals surface area contributed by atoms with Crippen LogP contribution >= 0.6 is 0 Å². The van der Waals surface area contributed by atoms with E-state index in [1.807, 2.05) is 13.8 Å². The van der Waals surface area contributed by atoms with Gasteiger partial charge in [0.25, 0.3) is 0 Å². The van der Waals surface area contributed by atoms with E-state index in [1.165, 1.54) is 0 Å². The molecule has 1 unspecified atom stereocenters. The number of hydrogen-bond donors (Lipinski definition) is 1. The van der Waals surface area contributed by atoms with Gasteiger partial charge in [0.2, 0.25) is 0 Å². The van der Waals surface area contributed by atoms with Crippen molar-refractivity contribution in [2.45, 2.75) is 20.0 Å². The number of hydrogen-bond acceptors (Lipinski definition) is 2. The molecule has 0 aliphatic carbocycles. The van der Waals surface area contributed by atoms with Crippen LogP contribution < -0.4 is 0 Å². The maximum atomic E-state index is 9.19. The Bertz CT molecular complexity index is 89.3. The Morgan fingerprint density at radius 1 is 1.60 bits per heavy atom. The molecule has 60 valence electrons. The fourth-order valence-electron chi connectivity index (χ4n) is 0.465. The first-order chi connectivity index (χ1) is 4.68. The molecule has 10 heavy (non-hydrogen) atoms. The van der Waals surface area contributed by atoms with Crippen LogP contribution in [0.4, 0.5) is 0 Å². The summed E-state index contributed by atoms with van der Waals surface area (Å²) in [6.45, 7) is 8.34. The summed E-state index contributed by atoms with van der Waals surface area (Å²) < 4.78 is 5.04. The Kier molecular flexibility index (Phi) is 5.26. The molecule has 2 heteroatoms. The quantitative estimate of drug-likeness (QED) is 0.464. The van der Waals surface area contributed by atoms with Gasteiger partial charge < -0.3 is 9.84 Å². The van der Waals surface area contributed by atoms with E-state index in [0.29, 0.717) is 13.2 Å². The molecular weight excluding hydrogens is 128 g/mol. The van der Waals surface area contributed by atoms with Crippen molar-refractivity contribution in [1.82, 2.24) is 0 Å². The van der Waals surface area contributed by atoms with Gasteiger partial charge in [0.05, 0.1) is 19.3 Å². The topological polar surface area (TPSA) is 29.5 Å². The highest BCUT2D eigenvalue weighted by molar-refractivity contribution is 4.65. The fraction of sp³-hybridized carbons (Fsp3) is 0.750. The number of ether oxygens (including phenoxy) is 1. The molecule has 0 heterocycles. The van der Waals surface area contributed by atoms with Crippen LogP contribution in [0.15, 0.2) is 12.7 Å². The van der Waals surface area contributed by atoms with Gasteiger partial charge in [-0.2, -0.15) is 0 Å². The fourth-order valence-corrected chi connectivity index (χ4v) is 0.465. The van der Waals surface area contributed by atoms with Crippen LogP contribution in [0.3, 0.4) is 0 Å². The van der Waals surface area contributed by atoms with E-state index in [4.69, 9.17) is 4.74 Å². The Balaban J connectivity index is 3.21. The minimum absolute atomic E-state index is 0.268. The molecule has 0 radical (unpaired) electrons. The summed E-state index contributed by atoms with van der Waals surface area (Å²) in [4.78, 5) is 0. The van der Waals surface area contributed by atoms with Crippen molar-refractivity contribution in [2.24, 2.45) is 5.92 Å². The lowest BCUT2D eigenvalue weighted by Gasteiger charge is -2.13. The van der Waals surface area contributed by atoms with Crippen LogP contribution in [0.5, 0.6) is 0 Å². The molecule has 0 aromatic carbocycles. The predicted molar refractivity (Wildman–Crippen MR) is 41.9 cm³/mol. The highest BCUT2D eigenvalue weighted by Crippen LogP contribution is 2.00. The van der Waals surface area contributed by atoms with E-state index in [0.717, 1.165) is 0 Å². The normalized spacial score (nSPS) is 13.6. The van der Waals surface area contributed by atoms with Gasteiger partial charge in [-0.25, -0.2) is 0 Å². The average Bonchev–Trinajstić information content (AvgIpc) is 1.88. The van der Waals surface area contributed by atoms with Crippen LogP contribution in [-0.2, 0) is 4.74 Å². The van der Waals surface area contributed by atoms with Gasteiger partial charge in [0.1, 0.15) is 0 Å². The van der Waals surface area contributed by atoms with Crippen molar-refractivity contribution < 1.29 is 9.84 Å². The minimum Gasteiger partial charge on any atom is -0.390 e. The molecule has 0 aromatic rings. The van der Waals surface area contributed by atoms with E-state index in [9.17, 15) is 5.11 Å². The van der Waals surface area contributed by atoms with E-state index in [1.54, 1.807) is 6.08 Å². The zero-order chi connectivity index (χ0) is 7.98. The summed E-state index contributed by atoms with van der Waals surface area (Å²) in [7, 11) is 0. The van der Waals surface area contributed by atoms with Gasteiger partial charge >= 0.3 is 0 Å². The third-order valence-corrected chi connectivity index (χ3v) is 1.29. The summed E-state index contributed by atoms with van der Waals surface area (Å²) >= 11 is 0. The van der Waals surface area contributed by atoms with Crippen LogP contribution in [-0.4, -0.2) is 24.4 Å². The zero-order valence-corrected chi connectivity index (χ0v) is 6.71. The number of aliphatic hydroxyl groups is 1. The summed E-state index contributed by atoms with van der Waals surface area (Å²) in [5, 5.41) is 9.19. The van der Waals surface area contributed by atoms with E-state index >= 15 is 0 Å². The lowest BCUT2D eigenvalue weighted by atomic mass is 10.1. The Morgan fingerprint density at radius 3 is 2.60 bits per heavy atom. The molecule has 1 N–H and O–H groups in total. The summed E-state index contributed by atoms with van der Waals surface area (Å²) in [5.41, 5.74) is 0. The molecule has 0 aliphatic heterocycles. The molecular formula is C8H16O2. The maximum absolute atomic E-state index is 9.19. The zero-order valence-electron chi connectivity index (χ0n) is 6.71. The van der Waals surface area contributed by atoms with Crippen molar-refractivity contribution in [3.05, 3.63) is 12.7 Å². The van der Waals surface area contributed by atoms with E-state index in [-0.39, 0.29) is 12.0 Å². The van der Waals surface area contributed by atoms with Gasteiger partial charge in [-0.3, -0.25) is 0 Å². The second-order valence-electron chi connectivity index (χ2n) is 2.64. The van der Waals surface area contributed by atoms with Gasteiger partial charge in [-0.15, -0.1) is 6.58 Å². The van der Waals surface area contributed by atoms with Crippen molar-refractivity contribution in [2.75, 3.05) is 13.2 Å². The molecule has 2 nitrogen and oxygen atoms in total. The maximum Gasteiger partial charge on any atom is 0.0796 e. The molecule has 0 bridgehead atoms. The van der Waals surface area contributed by atoms with Gasteiger partial charge in [0.15, 0.2) is 0 Å². The molecule has 0 aliphatic rings. The molecule has 1 atom stereocenters. The first-order valence-corrected chi connectivity index (χ1v) is 3.55. The first kappa shape index (κ1) is 9.66. The van der Waals surface area contributed by atoms with E-state index < -0.39 is 0 Å². The second kappa shape index (κ2) is 5.45. The highest BCUT2D eigenvalue weighted by atomic mass is 16.5. The molecule has 0 aromatic heterocycles. The third kappa shape index (κ3) is 4.53. The Hall–Kier alpha value is -0.340. The van der Waals surface area contributed by atoms with Crippen LogP contribution in [0.25, 0.3) is 0 Å². The van der Waals surface area contributed by atoms with Gasteiger partial charge in [0, 0.05) is 0 Å². The van der Waals surface area contributed by atoms with Crippen molar-refractivity contribution >= 4 is 0 Å². The Labute approximate surface area is 62.5 Å². The van der Waals surface area contributed by atoms with Crippen LogP contribution in [0, 0.1) is 5.92 Å². The summed E-state index contributed by atoms with van der Waals surface area (Å²) in [6.07, 6.45) is 1.33. The number of aliphatic hydroxyl groups excluding tert-OH is 1. The molecule has 0 rings (SSSR count). The second-order valence-corrected chi connectivity index (χ2v) is 2.64. The molecule has 0 amide bonds. The van der Waals surface area contributed by atoms with Crippen molar-refractivity contribution in [1.29, 1.82) is 0 Å². The predicted octanol–water partition coefficient (Wildman–Crippen LogP) is 1.21. The average molecular weight is 144 g/mol. The SMILES string of the molecule is C=CCOCC(O)C(C)C. The standard InChI is InChI=1S/C8H16O2/c1-4-5-10-6-8(9)7(2)3/h4,7-9H,1,5-6H2,2-3H3. The number of rotatable bonds is 5. The Morgan fingerprint density at radius 2 is 2.20 bits per heavy atom. The minimum atomic E-state index is -0.347. The van der Waals surface area contributed by atoms with E-state index in [2.05, 4.69) is 6.58 Å². The lowest BCUT2D eigenvalue weighted by molar-refractivity contribution is 0.0233. The van der Waals surface area contributed by atoms with Crippen LogP contribution in [0.2, 0.25) is 0 Å². The third-order valence-electron chi connectivity index (χ3n) is 1.29. The largest absolute Gasteiger partial charge is 0.390 e. The summed E-state index contributed by atoms with van der Waals surface area (Å²) in [6, 6.07) is 0. The highest BCUT2D eigenvalue weighted by Gasteiger charge is 2.07. The smallest absolute Gasteiger partial charge is 0.0796 e. The first-order valence-electron chi connectivity index (χ1n) is 3.55.